The Bertz CT molecular complexity index is 430. The van der Waals surface area contributed by atoms with Gasteiger partial charge in [-0.2, -0.15) is 0 Å². The molecule has 114 valence electrons. The van der Waals surface area contributed by atoms with E-state index in [1.807, 2.05) is 12.1 Å². The van der Waals surface area contributed by atoms with Crippen LogP contribution in [0.2, 0.25) is 0 Å². The lowest BCUT2D eigenvalue weighted by molar-refractivity contribution is 0.226. The number of nitrogens with zero attached hydrogens (tertiary/aromatic N) is 1. The second-order valence-electron chi connectivity index (χ2n) is 6.43. The minimum Gasteiger partial charge on any atom is -0.507 e. The normalized spacial score (nSPS) is 13.6. The molecule has 1 aromatic rings. The smallest absolute Gasteiger partial charge is 0.124 e. The second kappa shape index (κ2) is 6.95. The van der Waals surface area contributed by atoms with E-state index in [1.165, 1.54) is 0 Å². The molecule has 0 aliphatic heterocycles. The number of nitrogens with one attached hydrogen (secondary N) is 1. The van der Waals surface area contributed by atoms with Gasteiger partial charge in [0, 0.05) is 30.8 Å². The van der Waals surface area contributed by atoms with Crippen LogP contribution in [0.4, 0.5) is 0 Å². The van der Waals surface area contributed by atoms with E-state index in [-0.39, 0.29) is 17.2 Å². The number of phenols is 1. The highest BCUT2D eigenvalue weighted by Crippen LogP contribution is 2.28. The molecule has 0 aliphatic carbocycles. The van der Waals surface area contributed by atoms with Crippen molar-refractivity contribution in [2.45, 2.75) is 26.8 Å². The number of hydrogen-bond donors (Lipinski definition) is 2. The van der Waals surface area contributed by atoms with Crippen LogP contribution < -0.4 is 10.1 Å². The fourth-order valence-corrected chi connectivity index (χ4v) is 2.47. The Morgan fingerprint density at radius 1 is 1.35 bits per heavy atom. The van der Waals surface area contributed by atoms with Crippen LogP contribution in [-0.2, 0) is 0 Å². The van der Waals surface area contributed by atoms with Gasteiger partial charge < -0.3 is 20.1 Å². The van der Waals surface area contributed by atoms with Gasteiger partial charge in [-0.1, -0.05) is 19.9 Å². The van der Waals surface area contributed by atoms with Crippen molar-refractivity contribution >= 4 is 0 Å². The molecule has 0 saturated carbocycles. The Hall–Kier alpha value is -1.26. The fraction of sp³-hybridized carbons (Fsp3) is 0.625. The van der Waals surface area contributed by atoms with Gasteiger partial charge >= 0.3 is 0 Å². The van der Waals surface area contributed by atoms with Crippen LogP contribution in [0.3, 0.4) is 0 Å². The van der Waals surface area contributed by atoms with Crippen LogP contribution in [0.5, 0.6) is 11.5 Å². The molecule has 0 aromatic heterocycles. The maximum atomic E-state index is 10.0. The van der Waals surface area contributed by atoms with Crippen molar-refractivity contribution in [2.24, 2.45) is 5.41 Å². The minimum absolute atomic E-state index is 0.0994. The van der Waals surface area contributed by atoms with Crippen molar-refractivity contribution in [1.82, 2.24) is 10.2 Å². The largest absolute Gasteiger partial charge is 0.507 e. The van der Waals surface area contributed by atoms with Gasteiger partial charge in [-0.05, 0) is 32.5 Å². The highest BCUT2D eigenvalue weighted by Gasteiger charge is 2.20. The zero-order chi connectivity index (χ0) is 15.3. The molecule has 0 bridgehead atoms. The predicted molar refractivity (Wildman–Crippen MR) is 83.4 cm³/mol. The first-order chi connectivity index (χ1) is 9.25. The SMILES string of the molecule is COc1ccc(C(C)NCC(C)(C)CN(C)C)c(O)c1. The van der Waals surface area contributed by atoms with Gasteiger partial charge in [0.2, 0.25) is 0 Å². The second-order valence-corrected chi connectivity index (χ2v) is 6.43. The van der Waals surface area contributed by atoms with E-state index >= 15 is 0 Å². The summed E-state index contributed by atoms with van der Waals surface area (Å²) in [6, 6.07) is 5.53. The van der Waals surface area contributed by atoms with Gasteiger partial charge in [0.15, 0.2) is 0 Å². The molecular weight excluding hydrogens is 252 g/mol. The molecular formula is C16H28N2O2. The first kappa shape index (κ1) is 16.8. The van der Waals surface area contributed by atoms with Gasteiger partial charge in [0.05, 0.1) is 7.11 Å². The lowest BCUT2D eigenvalue weighted by atomic mass is 9.92. The molecule has 0 radical (unpaired) electrons. The van der Waals surface area contributed by atoms with E-state index in [0.29, 0.717) is 5.75 Å². The number of phenolic OH excluding ortho intramolecular Hbond substituents is 1. The van der Waals surface area contributed by atoms with Crippen molar-refractivity contribution in [2.75, 3.05) is 34.3 Å². The molecule has 1 rings (SSSR count). The van der Waals surface area contributed by atoms with E-state index in [2.05, 4.69) is 45.1 Å². The summed E-state index contributed by atoms with van der Waals surface area (Å²) in [6.45, 7) is 8.44. The fourth-order valence-electron chi connectivity index (χ4n) is 2.47. The Kier molecular flexibility index (Phi) is 5.84. The number of aromatic hydroxyl groups is 1. The Morgan fingerprint density at radius 3 is 2.50 bits per heavy atom. The Balaban J connectivity index is 2.65. The highest BCUT2D eigenvalue weighted by atomic mass is 16.5. The van der Waals surface area contributed by atoms with Crippen molar-refractivity contribution in [1.29, 1.82) is 0 Å². The van der Waals surface area contributed by atoms with Gasteiger partial charge in [-0.3, -0.25) is 0 Å². The van der Waals surface area contributed by atoms with Gasteiger partial charge in [-0.25, -0.2) is 0 Å². The molecule has 0 saturated heterocycles. The average molecular weight is 280 g/mol. The summed E-state index contributed by atoms with van der Waals surface area (Å²) in [5.41, 5.74) is 1.08. The molecule has 20 heavy (non-hydrogen) atoms. The average Bonchev–Trinajstić information content (AvgIpc) is 2.34. The van der Waals surface area contributed by atoms with Crippen LogP contribution in [-0.4, -0.2) is 44.3 Å². The third-order valence-corrected chi connectivity index (χ3v) is 3.34. The minimum atomic E-state index is 0.0994. The van der Waals surface area contributed by atoms with E-state index in [0.717, 1.165) is 18.7 Å². The zero-order valence-electron chi connectivity index (χ0n) is 13.5. The molecule has 1 aromatic carbocycles. The van der Waals surface area contributed by atoms with Crippen LogP contribution in [0, 0.1) is 5.41 Å². The van der Waals surface area contributed by atoms with Crippen LogP contribution in [0.25, 0.3) is 0 Å². The molecule has 4 nitrogen and oxygen atoms in total. The number of hydrogen-bond acceptors (Lipinski definition) is 4. The molecule has 0 spiro atoms. The third-order valence-electron chi connectivity index (χ3n) is 3.34. The lowest BCUT2D eigenvalue weighted by Gasteiger charge is -2.30. The van der Waals surface area contributed by atoms with E-state index in [9.17, 15) is 5.11 Å². The monoisotopic (exact) mass is 280 g/mol. The summed E-state index contributed by atoms with van der Waals surface area (Å²) in [6.07, 6.45) is 0. The lowest BCUT2D eigenvalue weighted by Crippen LogP contribution is -2.38. The van der Waals surface area contributed by atoms with Crippen molar-refractivity contribution in [3.8, 4) is 11.5 Å². The van der Waals surface area contributed by atoms with Crippen LogP contribution in [0.15, 0.2) is 18.2 Å². The molecule has 0 amide bonds. The van der Waals surface area contributed by atoms with Crippen LogP contribution >= 0.6 is 0 Å². The van der Waals surface area contributed by atoms with Crippen LogP contribution in [0.1, 0.15) is 32.4 Å². The molecule has 4 heteroatoms. The summed E-state index contributed by atoms with van der Waals surface area (Å²) in [5.74, 6) is 0.946. The van der Waals surface area contributed by atoms with Gasteiger partial charge in [0.1, 0.15) is 11.5 Å². The van der Waals surface area contributed by atoms with E-state index < -0.39 is 0 Å². The molecule has 0 aliphatic rings. The molecule has 2 N–H and O–H groups in total. The van der Waals surface area contributed by atoms with Crippen molar-refractivity contribution in [3.05, 3.63) is 23.8 Å². The highest BCUT2D eigenvalue weighted by molar-refractivity contribution is 5.41. The summed E-state index contributed by atoms with van der Waals surface area (Å²) in [5, 5.41) is 13.5. The number of benzene rings is 1. The molecule has 0 heterocycles. The Morgan fingerprint density at radius 2 is 2.00 bits per heavy atom. The molecule has 1 unspecified atom stereocenters. The topological polar surface area (TPSA) is 44.7 Å². The third kappa shape index (κ3) is 5.02. The van der Waals surface area contributed by atoms with Gasteiger partial charge in [-0.15, -0.1) is 0 Å². The van der Waals surface area contributed by atoms with Crippen molar-refractivity contribution in [3.63, 3.8) is 0 Å². The maximum Gasteiger partial charge on any atom is 0.124 e. The predicted octanol–water partition coefficient (Wildman–Crippen LogP) is 2.64. The zero-order valence-corrected chi connectivity index (χ0v) is 13.5. The first-order valence-electron chi connectivity index (χ1n) is 7.00. The summed E-state index contributed by atoms with van der Waals surface area (Å²) < 4.78 is 5.10. The standard InChI is InChI=1S/C16H28N2O2/c1-12(17-10-16(2,3)11-18(4)5)14-8-7-13(20-6)9-15(14)19/h7-9,12,17,19H,10-11H2,1-6H3. The maximum absolute atomic E-state index is 10.0. The quantitative estimate of drug-likeness (QED) is 0.806. The summed E-state index contributed by atoms with van der Waals surface area (Å²) >= 11 is 0. The number of ether oxygens (including phenoxy) is 1. The number of rotatable bonds is 7. The van der Waals surface area contributed by atoms with Gasteiger partial charge in [0.25, 0.3) is 0 Å². The van der Waals surface area contributed by atoms with Crippen molar-refractivity contribution < 1.29 is 9.84 Å². The first-order valence-corrected chi connectivity index (χ1v) is 7.00. The summed E-state index contributed by atoms with van der Waals surface area (Å²) in [7, 11) is 5.76. The van der Waals surface area contributed by atoms with E-state index in [1.54, 1.807) is 13.2 Å². The Labute approximate surface area is 122 Å². The molecule has 1 atom stereocenters. The summed E-state index contributed by atoms with van der Waals surface area (Å²) in [4.78, 5) is 2.19. The number of methoxy groups -OCH3 is 1. The molecule has 0 fully saturated rings. The van der Waals surface area contributed by atoms with E-state index in [4.69, 9.17) is 4.74 Å².